The van der Waals surface area contributed by atoms with Crippen LogP contribution < -0.4 is 5.32 Å². The van der Waals surface area contributed by atoms with Gasteiger partial charge in [0, 0.05) is 25.7 Å². The molecule has 1 amide bonds. The summed E-state index contributed by atoms with van der Waals surface area (Å²) in [5.74, 6) is 1.51. The molecule has 1 heterocycles. The number of likely N-dealkylation sites (tertiary alicyclic amines) is 1. The zero-order valence-corrected chi connectivity index (χ0v) is 17.9. The number of fused-ring (bicyclic) bond motifs is 1. The molecule has 4 rings (SSSR count). The van der Waals surface area contributed by atoms with Crippen LogP contribution in [0.4, 0.5) is 0 Å². The molecule has 2 fully saturated rings. The minimum Gasteiger partial charge on any atom is -0.352 e. The summed E-state index contributed by atoms with van der Waals surface area (Å²) >= 11 is 0. The van der Waals surface area contributed by atoms with Crippen LogP contribution in [0.1, 0.15) is 49.3 Å². The van der Waals surface area contributed by atoms with E-state index in [9.17, 15) is 4.79 Å². The molecule has 30 heavy (non-hydrogen) atoms. The number of nitrogens with one attached hydrogen (secondary N) is 1. The second-order valence-electron chi connectivity index (χ2n) is 9.26. The summed E-state index contributed by atoms with van der Waals surface area (Å²) < 4.78 is 0. The summed E-state index contributed by atoms with van der Waals surface area (Å²) in [5.41, 5.74) is 3.01. The molecule has 4 heteroatoms. The molecule has 1 saturated heterocycles. The van der Waals surface area contributed by atoms with Crippen LogP contribution in [-0.2, 0) is 11.3 Å². The summed E-state index contributed by atoms with van der Waals surface area (Å²) in [6.45, 7) is 7.23. The third-order valence-corrected chi connectivity index (χ3v) is 6.83. The molecule has 0 radical (unpaired) electrons. The van der Waals surface area contributed by atoms with Crippen molar-refractivity contribution in [3.05, 3.63) is 71.3 Å². The van der Waals surface area contributed by atoms with Crippen molar-refractivity contribution < 1.29 is 4.79 Å². The van der Waals surface area contributed by atoms with Crippen molar-refractivity contribution in [2.75, 3.05) is 13.1 Å². The van der Waals surface area contributed by atoms with Gasteiger partial charge < -0.3 is 5.32 Å². The van der Waals surface area contributed by atoms with Gasteiger partial charge in [-0.1, -0.05) is 56.3 Å². The summed E-state index contributed by atoms with van der Waals surface area (Å²) in [6, 6.07) is 20.5. The predicted molar refractivity (Wildman–Crippen MR) is 119 cm³/mol. The van der Waals surface area contributed by atoms with Crippen molar-refractivity contribution in [3.8, 4) is 6.07 Å². The smallest absolute Gasteiger partial charge is 0.228 e. The maximum absolute atomic E-state index is 13.2. The number of nitriles is 1. The largest absolute Gasteiger partial charge is 0.352 e. The second kappa shape index (κ2) is 9.02. The van der Waals surface area contributed by atoms with E-state index in [1.54, 1.807) is 0 Å². The van der Waals surface area contributed by atoms with E-state index < -0.39 is 0 Å². The first kappa shape index (κ1) is 20.6. The van der Waals surface area contributed by atoms with Gasteiger partial charge in [0.15, 0.2) is 0 Å². The van der Waals surface area contributed by atoms with Gasteiger partial charge in [-0.3, -0.25) is 9.69 Å². The molecule has 1 saturated carbocycles. The van der Waals surface area contributed by atoms with Crippen LogP contribution in [-0.4, -0.2) is 29.9 Å². The Morgan fingerprint density at radius 1 is 1.13 bits per heavy atom. The summed E-state index contributed by atoms with van der Waals surface area (Å²) in [6.07, 6.45) is 2.26. The van der Waals surface area contributed by atoms with Gasteiger partial charge in [-0.05, 0) is 53.9 Å². The Morgan fingerprint density at radius 2 is 1.93 bits per heavy atom. The van der Waals surface area contributed by atoms with E-state index in [2.05, 4.69) is 48.3 Å². The van der Waals surface area contributed by atoms with Gasteiger partial charge >= 0.3 is 0 Å². The van der Waals surface area contributed by atoms with Crippen LogP contribution in [0, 0.1) is 29.1 Å². The summed E-state index contributed by atoms with van der Waals surface area (Å²) in [7, 11) is 0. The van der Waals surface area contributed by atoms with Gasteiger partial charge in [0.2, 0.25) is 5.91 Å². The highest BCUT2D eigenvalue weighted by Gasteiger charge is 2.43. The molecule has 0 bridgehead atoms. The fourth-order valence-corrected chi connectivity index (χ4v) is 5.44. The molecule has 156 valence electrons. The Hall–Kier alpha value is -2.64. The quantitative estimate of drug-likeness (QED) is 0.784. The molecule has 2 aromatic carbocycles. The Bertz CT molecular complexity index is 917. The molecule has 0 spiro atoms. The number of rotatable bonds is 6. The van der Waals surface area contributed by atoms with E-state index in [1.807, 2.05) is 36.4 Å². The van der Waals surface area contributed by atoms with Crippen LogP contribution in [0.15, 0.2) is 54.6 Å². The lowest BCUT2D eigenvalue weighted by atomic mass is 9.87. The molecule has 1 aliphatic carbocycles. The van der Waals surface area contributed by atoms with Crippen molar-refractivity contribution in [1.29, 1.82) is 5.26 Å². The first-order valence-corrected chi connectivity index (χ1v) is 11.1. The molecule has 0 aromatic heterocycles. The minimum absolute atomic E-state index is 0.100. The molecule has 4 unspecified atom stereocenters. The average Bonchev–Trinajstić information content (AvgIpc) is 3.30. The maximum atomic E-state index is 13.2. The lowest BCUT2D eigenvalue weighted by Gasteiger charge is -2.26. The van der Waals surface area contributed by atoms with E-state index in [-0.39, 0.29) is 23.8 Å². The second-order valence-corrected chi connectivity index (χ2v) is 9.26. The standard InChI is InChI=1S/C26H31N3O/c1-18(2)25(21-9-4-3-5-10-21)26(30)28-24-12-11-22-16-29(17-23(22)24)15-20-8-6-7-19(13-20)14-27/h3-10,13,18,22-25H,11-12,15-17H2,1-2H3,(H,28,30). The van der Waals surface area contributed by atoms with Crippen LogP contribution in [0.25, 0.3) is 0 Å². The molecular formula is C26H31N3O. The highest BCUT2D eigenvalue weighted by atomic mass is 16.2. The number of carbonyl (C=O) groups is 1. The van der Waals surface area contributed by atoms with Crippen LogP contribution in [0.3, 0.4) is 0 Å². The maximum Gasteiger partial charge on any atom is 0.228 e. The van der Waals surface area contributed by atoms with Gasteiger partial charge in [-0.2, -0.15) is 5.26 Å². The van der Waals surface area contributed by atoms with E-state index in [1.165, 1.54) is 12.0 Å². The van der Waals surface area contributed by atoms with Gasteiger partial charge in [0.1, 0.15) is 0 Å². The number of nitrogens with zero attached hydrogens (tertiary/aromatic N) is 2. The van der Waals surface area contributed by atoms with Crippen molar-refractivity contribution in [2.45, 2.75) is 45.2 Å². The number of benzene rings is 2. The SMILES string of the molecule is CC(C)C(C(=O)NC1CCC2CN(Cc3cccc(C#N)c3)CC21)c1ccccc1. The molecule has 4 atom stereocenters. The molecule has 2 aliphatic rings. The lowest BCUT2D eigenvalue weighted by molar-refractivity contribution is -0.124. The van der Waals surface area contributed by atoms with Crippen molar-refractivity contribution in [2.24, 2.45) is 17.8 Å². The van der Waals surface area contributed by atoms with Gasteiger partial charge in [-0.15, -0.1) is 0 Å². The van der Waals surface area contributed by atoms with Crippen LogP contribution in [0.5, 0.6) is 0 Å². The van der Waals surface area contributed by atoms with Crippen molar-refractivity contribution in [1.82, 2.24) is 10.2 Å². The van der Waals surface area contributed by atoms with Gasteiger partial charge in [0.25, 0.3) is 0 Å². The summed E-state index contributed by atoms with van der Waals surface area (Å²) in [5, 5.41) is 12.6. The van der Waals surface area contributed by atoms with E-state index in [0.717, 1.165) is 37.2 Å². The fraction of sp³-hybridized carbons (Fsp3) is 0.462. The van der Waals surface area contributed by atoms with Crippen molar-refractivity contribution >= 4 is 5.91 Å². The zero-order chi connectivity index (χ0) is 21.1. The number of carbonyl (C=O) groups excluding carboxylic acids is 1. The summed E-state index contributed by atoms with van der Waals surface area (Å²) in [4.78, 5) is 15.7. The number of hydrogen-bond donors (Lipinski definition) is 1. The van der Waals surface area contributed by atoms with Crippen molar-refractivity contribution in [3.63, 3.8) is 0 Å². The molecule has 1 aliphatic heterocycles. The third kappa shape index (κ3) is 4.42. The first-order valence-electron chi connectivity index (χ1n) is 11.1. The van der Waals surface area contributed by atoms with Gasteiger partial charge in [0.05, 0.1) is 17.6 Å². The average molecular weight is 402 g/mol. The third-order valence-electron chi connectivity index (χ3n) is 6.83. The highest BCUT2D eigenvalue weighted by Crippen LogP contribution is 2.39. The predicted octanol–water partition coefficient (Wildman–Crippen LogP) is 4.32. The normalized spacial score (nSPS) is 24.4. The Balaban J connectivity index is 1.39. The lowest BCUT2D eigenvalue weighted by Crippen LogP contribution is -2.43. The topological polar surface area (TPSA) is 56.1 Å². The monoisotopic (exact) mass is 401 g/mol. The van der Waals surface area contributed by atoms with E-state index >= 15 is 0 Å². The fourth-order valence-electron chi connectivity index (χ4n) is 5.44. The Labute approximate surface area is 179 Å². The molecular weight excluding hydrogens is 370 g/mol. The first-order chi connectivity index (χ1) is 14.5. The van der Waals surface area contributed by atoms with Gasteiger partial charge in [-0.25, -0.2) is 0 Å². The molecule has 4 nitrogen and oxygen atoms in total. The Kier molecular flexibility index (Phi) is 6.20. The highest BCUT2D eigenvalue weighted by molar-refractivity contribution is 5.84. The zero-order valence-electron chi connectivity index (χ0n) is 17.9. The van der Waals surface area contributed by atoms with Crippen LogP contribution in [0.2, 0.25) is 0 Å². The molecule has 1 N–H and O–H groups in total. The number of amides is 1. The van der Waals surface area contributed by atoms with Crippen LogP contribution >= 0.6 is 0 Å². The van der Waals surface area contributed by atoms with E-state index in [4.69, 9.17) is 5.26 Å². The van der Waals surface area contributed by atoms with E-state index in [0.29, 0.717) is 11.8 Å². The Morgan fingerprint density at radius 3 is 2.67 bits per heavy atom. The molecule has 2 aromatic rings. The minimum atomic E-state index is -0.100. The number of hydrogen-bond acceptors (Lipinski definition) is 3.